The SMILES string of the molecule is CN(C)CC(=O)N1CCN2C(=O)N(c3cc(Cl)cc(Cl)c3)C(=O)C2(Cc2ccc(Br)cc2)C1. The van der Waals surface area contributed by atoms with E-state index in [2.05, 4.69) is 15.9 Å². The van der Waals surface area contributed by atoms with Crippen LogP contribution in [-0.2, 0) is 16.0 Å². The number of hydrogen-bond acceptors (Lipinski definition) is 4. The smallest absolute Gasteiger partial charge is 0.332 e. The normalized spacial score (nSPS) is 20.6. The predicted octanol–water partition coefficient (Wildman–Crippen LogP) is 3.91. The lowest BCUT2D eigenvalue weighted by atomic mass is 9.86. The van der Waals surface area contributed by atoms with Crippen molar-refractivity contribution in [3.63, 3.8) is 0 Å². The number of anilines is 1. The first-order valence-electron chi connectivity index (χ1n) is 10.4. The van der Waals surface area contributed by atoms with Crippen molar-refractivity contribution in [2.75, 3.05) is 45.2 Å². The molecule has 0 radical (unpaired) electrons. The average molecular weight is 554 g/mol. The van der Waals surface area contributed by atoms with E-state index in [1.165, 1.54) is 0 Å². The molecule has 1 atom stereocenters. The van der Waals surface area contributed by atoms with Gasteiger partial charge in [0.25, 0.3) is 5.91 Å². The van der Waals surface area contributed by atoms with Gasteiger partial charge < -0.3 is 14.7 Å². The Morgan fingerprint density at radius 1 is 1.06 bits per heavy atom. The molecule has 0 N–H and O–H groups in total. The molecule has 0 aliphatic carbocycles. The van der Waals surface area contributed by atoms with Crippen LogP contribution in [0.3, 0.4) is 0 Å². The number of carbonyl (C=O) groups excluding carboxylic acids is 3. The number of rotatable bonds is 5. The zero-order valence-electron chi connectivity index (χ0n) is 18.2. The van der Waals surface area contributed by atoms with Crippen molar-refractivity contribution in [1.29, 1.82) is 0 Å². The highest BCUT2D eigenvalue weighted by molar-refractivity contribution is 9.10. The fraction of sp³-hybridized carbons (Fsp3) is 0.348. The molecule has 0 saturated carbocycles. The second-order valence-electron chi connectivity index (χ2n) is 8.59. The zero-order chi connectivity index (χ0) is 23.9. The summed E-state index contributed by atoms with van der Waals surface area (Å²) in [5.41, 5.74) is -0.0181. The Hall–Kier alpha value is -2.13. The number of carbonyl (C=O) groups is 3. The van der Waals surface area contributed by atoms with Crippen molar-refractivity contribution < 1.29 is 14.4 Å². The number of benzene rings is 2. The molecule has 0 bridgehead atoms. The van der Waals surface area contributed by atoms with Crippen LogP contribution in [0.15, 0.2) is 46.9 Å². The van der Waals surface area contributed by atoms with Gasteiger partial charge >= 0.3 is 6.03 Å². The third-order valence-corrected chi connectivity index (χ3v) is 6.87. The maximum absolute atomic E-state index is 14.0. The van der Waals surface area contributed by atoms with Crippen molar-refractivity contribution in [2.24, 2.45) is 0 Å². The van der Waals surface area contributed by atoms with Gasteiger partial charge in [-0.15, -0.1) is 0 Å². The summed E-state index contributed by atoms with van der Waals surface area (Å²) in [5, 5.41) is 0.653. The minimum absolute atomic E-state index is 0.0840. The molecule has 2 heterocycles. The summed E-state index contributed by atoms with van der Waals surface area (Å²) in [6.45, 7) is 0.957. The van der Waals surface area contributed by atoms with Crippen LogP contribution in [0, 0.1) is 0 Å². The number of fused-ring (bicyclic) bond motifs is 1. The molecule has 4 rings (SSSR count). The zero-order valence-corrected chi connectivity index (χ0v) is 21.3. The molecule has 10 heteroatoms. The standard InChI is InChI=1S/C23H23BrCl2N4O3/c1-27(2)13-20(31)28-7-8-29-22(33)30(19-10-17(25)9-18(26)11-19)21(32)23(29,14-28)12-15-3-5-16(24)6-4-15/h3-6,9-11H,7-8,12-14H2,1-2H3. The quantitative estimate of drug-likeness (QED) is 0.527. The van der Waals surface area contributed by atoms with Crippen LogP contribution in [0.4, 0.5) is 10.5 Å². The molecular weight excluding hydrogens is 531 g/mol. The molecule has 2 aromatic carbocycles. The van der Waals surface area contributed by atoms with Gasteiger partial charge in [0.15, 0.2) is 0 Å². The minimum Gasteiger partial charge on any atom is -0.337 e. The molecule has 2 saturated heterocycles. The summed E-state index contributed by atoms with van der Waals surface area (Å²) in [7, 11) is 3.64. The Morgan fingerprint density at radius 2 is 1.70 bits per heavy atom. The molecule has 2 aliphatic heterocycles. The average Bonchev–Trinajstić information content (AvgIpc) is 2.95. The van der Waals surface area contributed by atoms with E-state index in [9.17, 15) is 14.4 Å². The van der Waals surface area contributed by atoms with Crippen molar-refractivity contribution in [1.82, 2.24) is 14.7 Å². The molecule has 174 valence electrons. The molecule has 7 nitrogen and oxygen atoms in total. The Bertz CT molecular complexity index is 1090. The lowest BCUT2D eigenvalue weighted by Gasteiger charge is -2.44. The van der Waals surface area contributed by atoms with Crippen molar-refractivity contribution in [3.8, 4) is 0 Å². The van der Waals surface area contributed by atoms with Crippen LogP contribution >= 0.6 is 39.1 Å². The van der Waals surface area contributed by atoms with E-state index in [-0.39, 0.29) is 32.0 Å². The molecule has 1 unspecified atom stereocenters. The summed E-state index contributed by atoms with van der Waals surface area (Å²) in [5.74, 6) is -0.476. The Kier molecular flexibility index (Phi) is 6.73. The Balaban J connectivity index is 1.76. The number of piperazine rings is 1. The molecule has 33 heavy (non-hydrogen) atoms. The number of halogens is 3. The van der Waals surface area contributed by atoms with Gasteiger partial charge in [-0.2, -0.15) is 0 Å². The molecule has 0 aromatic heterocycles. The van der Waals surface area contributed by atoms with E-state index in [0.29, 0.717) is 22.3 Å². The molecule has 0 spiro atoms. The highest BCUT2D eigenvalue weighted by atomic mass is 79.9. The third-order valence-electron chi connectivity index (χ3n) is 5.91. The molecular formula is C23H23BrCl2N4O3. The second-order valence-corrected chi connectivity index (χ2v) is 10.4. The van der Waals surface area contributed by atoms with Gasteiger partial charge in [-0.1, -0.05) is 51.3 Å². The number of nitrogens with zero attached hydrogens (tertiary/aromatic N) is 4. The first-order chi connectivity index (χ1) is 15.6. The number of likely N-dealkylation sites (N-methyl/N-ethyl adjacent to an activating group) is 1. The monoisotopic (exact) mass is 552 g/mol. The molecule has 2 aromatic rings. The fourth-order valence-corrected chi connectivity index (χ4v) is 5.22. The van der Waals surface area contributed by atoms with Gasteiger partial charge in [0.05, 0.1) is 18.8 Å². The van der Waals surface area contributed by atoms with E-state index in [1.54, 1.807) is 32.9 Å². The van der Waals surface area contributed by atoms with Gasteiger partial charge in [-0.05, 0) is 50.0 Å². The summed E-state index contributed by atoms with van der Waals surface area (Å²) in [6.07, 6.45) is 0.279. The lowest BCUT2D eigenvalue weighted by molar-refractivity contribution is -0.139. The van der Waals surface area contributed by atoms with E-state index in [0.717, 1.165) is 14.9 Å². The second kappa shape index (κ2) is 9.25. The van der Waals surface area contributed by atoms with Gasteiger partial charge in [-0.25, -0.2) is 9.69 Å². The van der Waals surface area contributed by atoms with E-state index in [4.69, 9.17) is 23.2 Å². The number of hydrogen-bond donors (Lipinski definition) is 0. The van der Waals surface area contributed by atoms with Gasteiger partial charge in [0, 0.05) is 34.0 Å². The Labute approximate surface area is 210 Å². The summed E-state index contributed by atoms with van der Waals surface area (Å²) < 4.78 is 0.913. The van der Waals surface area contributed by atoms with Crippen molar-refractivity contribution in [3.05, 3.63) is 62.5 Å². The maximum Gasteiger partial charge on any atom is 0.332 e. The molecule has 2 aliphatic rings. The van der Waals surface area contributed by atoms with Gasteiger partial charge in [0.2, 0.25) is 5.91 Å². The summed E-state index contributed by atoms with van der Waals surface area (Å²) in [4.78, 5) is 46.5. The number of amides is 4. The number of urea groups is 1. The van der Waals surface area contributed by atoms with Crippen LogP contribution in [-0.4, -0.2) is 78.4 Å². The van der Waals surface area contributed by atoms with Crippen LogP contribution in [0.5, 0.6) is 0 Å². The summed E-state index contributed by atoms with van der Waals surface area (Å²) in [6, 6.07) is 11.8. The third kappa shape index (κ3) is 4.62. The minimum atomic E-state index is -1.22. The predicted molar refractivity (Wildman–Crippen MR) is 132 cm³/mol. The molecule has 4 amide bonds. The lowest BCUT2D eigenvalue weighted by Crippen LogP contribution is -2.65. The first-order valence-corrected chi connectivity index (χ1v) is 11.9. The highest BCUT2D eigenvalue weighted by Crippen LogP contribution is 2.39. The largest absolute Gasteiger partial charge is 0.337 e. The van der Waals surface area contributed by atoms with E-state index >= 15 is 0 Å². The van der Waals surface area contributed by atoms with Crippen LogP contribution in [0.2, 0.25) is 10.0 Å². The first kappa shape index (κ1) is 24.0. The Morgan fingerprint density at radius 3 is 2.30 bits per heavy atom. The number of imide groups is 1. The van der Waals surface area contributed by atoms with Crippen LogP contribution in [0.25, 0.3) is 0 Å². The van der Waals surface area contributed by atoms with Crippen LogP contribution < -0.4 is 4.90 Å². The van der Waals surface area contributed by atoms with E-state index < -0.39 is 17.5 Å². The van der Waals surface area contributed by atoms with Crippen molar-refractivity contribution in [2.45, 2.75) is 12.0 Å². The summed E-state index contributed by atoms with van der Waals surface area (Å²) >= 11 is 15.7. The van der Waals surface area contributed by atoms with Gasteiger partial charge in [0.1, 0.15) is 5.54 Å². The fourth-order valence-electron chi connectivity index (χ4n) is 4.44. The molecule has 2 fully saturated rings. The van der Waals surface area contributed by atoms with Crippen molar-refractivity contribution >= 4 is 62.7 Å². The highest BCUT2D eigenvalue weighted by Gasteiger charge is 2.60. The topological polar surface area (TPSA) is 64.2 Å². The van der Waals surface area contributed by atoms with Crippen LogP contribution in [0.1, 0.15) is 5.56 Å². The van der Waals surface area contributed by atoms with Gasteiger partial charge in [-0.3, -0.25) is 9.59 Å². The maximum atomic E-state index is 14.0. The van der Waals surface area contributed by atoms with E-state index in [1.807, 2.05) is 38.4 Å².